The van der Waals surface area contributed by atoms with Gasteiger partial charge in [-0.05, 0) is 37.1 Å². The second-order valence-electron chi connectivity index (χ2n) is 5.90. The number of pyridine rings is 1. The first-order chi connectivity index (χ1) is 12.3. The van der Waals surface area contributed by atoms with Crippen LogP contribution in [0.4, 0.5) is 16.0 Å². The molecule has 136 valence electrons. The molecule has 0 radical (unpaired) electrons. The third-order valence-electron chi connectivity index (χ3n) is 3.76. The van der Waals surface area contributed by atoms with Crippen LogP contribution >= 0.6 is 0 Å². The fraction of sp³-hybridized carbons (Fsp3) is 0.235. The Bertz CT molecular complexity index is 1090. The number of fused-ring (bicyclic) bond motifs is 1. The zero-order valence-electron chi connectivity index (χ0n) is 14.3. The Morgan fingerprint density at radius 3 is 2.69 bits per heavy atom. The molecule has 0 aliphatic rings. The van der Waals surface area contributed by atoms with Gasteiger partial charge in [-0.15, -0.1) is 0 Å². The van der Waals surface area contributed by atoms with Crippen molar-refractivity contribution in [1.82, 2.24) is 15.0 Å². The number of halogens is 1. The first-order valence-corrected chi connectivity index (χ1v) is 9.64. The summed E-state index contributed by atoms with van der Waals surface area (Å²) in [5.74, 6) is -0.580. The number of benzene rings is 1. The summed E-state index contributed by atoms with van der Waals surface area (Å²) in [5, 5.41) is 0. The van der Waals surface area contributed by atoms with Crippen molar-refractivity contribution in [3.63, 3.8) is 0 Å². The summed E-state index contributed by atoms with van der Waals surface area (Å²) in [7, 11) is -3.56. The maximum absolute atomic E-state index is 14.4. The van der Waals surface area contributed by atoms with Crippen molar-refractivity contribution in [2.45, 2.75) is 20.3 Å². The molecule has 7 nitrogen and oxygen atoms in total. The number of anilines is 2. The molecule has 0 aliphatic heterocycles. The molecule has 2 heterocycles. The van der Waals surface area contributed by atoms with Crippen LogP contribution < -0.4 is 10.5 Å². The Balaban J connectivity index is 1.99. The van der Waals surface area contributed by atoms with Crippen LogP contribution in [0.1, 0.15) is 18.9 Å². The lowest BCUT2D eigenvalue weighted by Gasteiger charge is -2.10. The van der Waals surface area contributed by atoms with Gasteiger partial charge in [0.25, 0.3) is 0 Å². The molecule has 0 bridgehead atoms. The highest BCUT2D eigenvalue weighted by atomic mass is 32.2. The van der Waals surface area contributed by atoms with Crippen LogP contribution in [-0.2, 0) is 10.0 Å². The molecule has 3 aromatic rings. The van der Waals surface area contributed by atoms with E-state index in [0.717, 1.165) is 5.56 Å². The number of nitrogen functional groups attached to an aromatic ring is 1. The average molecular weight is 375 g/mol. The van der Waals surface area contributed by atoms with Gasteiger partial charge < -0.3 is 5.73 Å². The van der Waals surface area contributed by atoms with Gasteiger partial charge >= 0.3 is 0 Å². The molecule has 0 saturated carbocycles. The van der Waals surface area contributed by atoms with Crippen LogP contribution in [0.5, 0.6) is 0 Å². The fourth-order valence-electron chi connectivity index (χ4n) is 2.59. The monoisotopic (exact) mass is 375 g/mol. The van der Waals surface area contributed by atoms with Gasteiger partial charge in [-0.2, -0.15) is 0 Å². The average Bonchev–Trinajstić information content (AvgIpc) is 2.57. The summed E-state index contributed by atoms with van der Waals surface area (Å²) in [5.41, 5.74) is 8.56. The van der Waals surface area contributed by atoms with Gasteiger partial charge in [-0.25, -0.2) is 27.8 Å². The Hall–Kier alpha value is -2.81. The summed E-state index contributed by atoms with van der Waals surface area (Å²) < 4.78 is 40.3. The molecule has 0 spiro atoms. The largest absolute Gasteiger partial charge is 0.368 e. The Labute approximate surface area is 150 Å². The lowest BCUT2D eigenvalue weighted by atomic mass is 10.1. The van der Waals surface area contributed by atoms with Crippen LogP contribution in [0, 0.1) is 12.7 Å². The fourth-order valence-corrected chi connectivity index (χ4v) is 3.73. The summed E-state index contributed by atoms with van der Waals surface area (Å²) in [6.07, 6.45) is 1.96. The minimum absolute atomic E-state index is 0.0667. The Morgan fingerprint density at radius 1 is 1.23 bits per heavy atom. The lowest BCUT2D eigenvalue weighted by molar-refractivity contribution is 0.597. The molecule has 26 heavy (non-hydrogen) atoms. The van der Waals surface area contributed by atoms with Gasteiger partial charge in [0.05, 0.1) is 28.8 Å². The summed E-state index contributed by atoms with van der Waals surface area (Å²) in [6.45, 7) is 3.59. The van der Waals surface area contributed by atoms with Crippen molar-refractivity contribution in [1.29, 1.82) is 0 Å². The van der Waals surface area contributed by atoms with Gasteiger partial charge in [-0.3, -0.25) is 4.72 Å². The van der Waals surface area contributed by atoms with E-state index in [9.17, 15) is 12.8 Å². The van der Waals surface area contributed by atoms with Gasteiger partial charge in [0.1, 0.15) is 11.3 Å². The van der Waals surface area contributed by atoms with E-state index >= 15 is 0 Å². The Kier molecular flexibility index (Phi) is 4.73. The molecule has 0 aliphatic carbocycles. The SMILES string of the molecule is CCCS(=O)(=O)Nc1ccc(-c2cc(C)c3nc(N)ncc3n2)cc1F. The highest BCUT2D eigenvalue weighted by molar-refractivity contribution is 7.92. The molecule has 0 amide bonds. The van der Waals surface area contributed by atoms with E-state index in [2.05, 4.69) is 19.7 Å². The van der Waals surface area contributed by atoms with E-state index in [1.54, 1.807) is 19.1 Å². The number of hydrogen-bond donors (Lipinski definition) is 2. The van der Waals surface area contributed by atoms with Crippen LogP contribution in [0.2, 0.25) is 0 Å². The van der Waals surface area contributed by atoms with Crippen molar-refractivity contribution in [2.75, 3.05) is 16.2 Å². The van der Waals surface area contributed by atoms with Crippen molar-refractivity contribution < 1.29 is 12.8 Å². The molecular formula is C17H18FN5O2S. The first-order valence-electron chi connectivity index (χ1n) is 7.99. The topological polar surface area (TPSA) is 111 Å². The predicted octanol–water partition coefficient (Wildman–Crippen LogP) is 2.87. The van der Waals surface area contributed by atoms with E-state index in [4.69, 9.17) is 5.73 Å². The standard InChI is InChI=1S/C17H18FN5O2S/c1-3-6-26(24,25)23-13-5-4-11(8-12(13)18)14-7-10(2)16-15(21-14)9-20-17(19)22-16/h4-5,7-9,23H,3,6H2,1-2H3,(H2,19,20,22). The van der Waals surface area contributed by atoms with Crippen molar-refractivity contribution in [3.05, 3.63) is 41.8 Å². The number of nitrogens with zero attached hydrogens (tertiary/aromatic N) is 3. The molecule has 0 saturated heterocycles. The number of nitrogens with two attached hydrogens (primary N) is 1. The zero-order chi connectivity index (χ0) is 18.9. The smallest absolute Gasteiger partial charge is 0.232 e. The van der Waals surface area contributed by atoms with Gasteiger partial charge in [0.15, 0.2) is 0 Å². The van der Waals surface area contributed by atoms with E-state index in [-0.39, 0.29) is 17.4 Å². The van der Waals surface area contributed by atoms with Crippen molar-refractivity contribution in [2.24, 2.45) is 0 Å². The molecule has 0 atom stereocenters. The van der Waals surface area contributed by atoms with E-state index < -0.39 is 15.8 Å². The maximum Gasteiger partial charge on any atom is 0.232 e. The zero-order valence-corrected chi connectivity index (χ0v) is 15.1. The second kappa shape index (κ2) is 6.83. The number of aryl methyl sites for hydroxylation is 1. The quantitative estimate of drug-likeness (QED) is 0.709. The van der Waals surface area contributed by atoms with Crippen LogP contribution in [0.25, 0.3) is 22.3 Å². The van der Waals surface area contributed by atoms with Gasteiger partial charge in [0.2, 0.25) is 16.0 Å². The number of rotatable bonds is 5. The molecule has 2 aromatic heterocycles. The molecule has 0 fully saturated rings. The first kappa shape index (κ1) is 18.0. The van der Waals surface area contributed by atoms with Crippen molar-refractivity contribution in [3.8, 4) is 11.3 Å². The van der Waals surface area contributed by atoms with Gasteiger partial charge in [0, 0.05) is 5.56 Å². The summed E-state index contributed by atoms with van der Waals surface area (Å²) >= 11 is 0. The third kappa shape index (κ3) is 3.72. The van der Waals surface area contributed by atoms with E-state index in [1.807, 2.05) is 6.92 Å². The van der Waals surface area contributed by atoms with Crippen LogP contribution in [0.3, 0.4) is 0 Å². The summed E-state index contributed by atoms with van der Waals surface area (Å²) in [6, 6.07) is 6.01. The normalized spacial score (nSPS) is 11.7. The Morgan fingerprint density at radius 2 is 2.00 bits per heavy atom. The highest BCUT2D eigenvalue weighted by Gasteiger charge is 2.14. The minimum Gasteiger partial charge on any atom is -0.368 e. The number of aromatic nitrogens is 3. The number of hydrogen-bond acceptors (Lipinski definition) is 6. The predicted molar refractivity (Wildman–Crippen MR) is 99.6 cm³/mol. The van der Waals surface area contributed by atoms with Crippen LogP contribution in [0.15, 0.2) is 30.5 Å². The molecule has 3 rings (SSSR count). The third-order valence-corrected chi connectivity index (χ3v) is 5.24. The second-order valence-corrected chi connectivity index (χ2v) is 7.74. The lowest BCUT2D eigenvalue weighted by Crippen LogP contribution is -2.16. The number of nitrogens with one attached hydrogen (secondary N) is 1. The molecule has 1 aromatic carbocycles. The molecule has 0 unspecified atom stereocenters. The van der Waals surface area contributed by atoms with E-state index in [0.29, 0.717) is 28.7 Å². The summed E-state index contributed by atoms with van der Waals surface area (Å²) in [4.78, 5) is 12.5. The van der Waals surface area contributed by atoms with Crippen molar-refractivity contribution >= 4 is 32.7 Å². The highest BCUT2D eigenvalue weighted by Crippen LogP contribution is 2.27. The molecular weight excluding hydrogens is 357 g/mol. The molecule has 3 N–H and O–H groups in total. The maximum atomic E-state index is 14.4. The van der Waals surface area contributed by atoms with E-state index in [1.165, 1.54) is 18.3 Å². The number of sulfonamides is 1. The molecule has 9 heteroatoms. The van der Waals surface area contributed by atoms with Gasteiger partial charge in [-0.1, -0.05) is 13.0 Å². The van der Waals surface area contributed by atoms with Crippen LogP contribution in [-0.4, -0.2) is 29.1 Å². The minimum atomic E-state index is -3.56.